The van der Waals surface area contributed by atoms with Gasteiger partial charge >= 0.3 is 0 Å². The molecule has 1 amide bonds. The molecule has 0 spiro atoms. The van der Waals surface area contributed by atoms with Crippen molar-refractivity contribution >= 4 is 28.2 Å². The van der Waals surface area contributed by atoms with Gasteiger partial charge in [-0.05, 0) is 49.6 Å². The SMILES string of the molecule is Cc1cc(N2CCC(c3ccccc3)C2)c2cc(N3CCCC3=O)ccc2n1. The zero-order chi connectivity index (χ0) is 19.1. The molecule has 0 saturated carbocycles. The van der Waals surface area contributed by atoms with Crippen molar-refractivity contribution in [3.05, 3.63) is 65.9 Å². The van der Waals surface area contributed by atoms with Crippen LogP contribution >= 0.6 is 0 Å². The summed E-state index contributed by atoms with van der Waals surface area (Å²) < 4.78 is 0. The normalized spacial score (nSPS) is 19.8. The molecule has 1 unspecified atom stereocenters. The number of aryl methyl sites for hydroxylation is 1. The Morgan fingerprint density at radius 1 is 1.04 bits per heavy atom. The van der Waals surface area contributed by atoms with Gasteiger partial charge in [0.15, 0.2) is 0 Å². The summed E-state index contributed by atoms with van der Waals surface area (Å²) in [7, 11) is 0. The number of nitrogens with zero attached hydrogens (tertiary/aromatic N) is 3. The molecule has 2 fully saturated rings. The molecule has 28 heavy (non-hydrogen) atoms. The van der Waals surface area contributed by atoms with E-state index in [2.05, 4.69) is 60.4 Å². The zero-order valence-electron chi connectivity index (χ0n) is 16.3. The molecule has 142 valence electrons. The highest BCUT2D eigenvalue weighted by molar-refractivity contribution is 6.00. The minimum atomic E-state index is 0.228. The monoisotopic (exact) mass is 371 g/mol. The number of rotatable bonds is 3. The Balaban J connectivity index is 1.52. The Bertz CT molecular complexity index is 1030. The lowest BCUT2D eigenvalue weighted by Gasteiger charge is -2.23. The summed E-state index contributed by atoms with van der Waals surface area (Å²) in [5.74, 6) is 0.791. The predicted molar refractivity (Wildman–Crippen MR) is 114 cm³/mol. The van der Waals surface area contributed by atoms with E-state index in [-0.39, 0.29) is 5.91 Å². The maximum Gasteiger partial charge on any atom is 0.227 e. The molecule has 0 aliphatic carbocycles. The quantitative estimate of drug-likeness (QED) is 0.672. The number of hydrogen-bond acceptors (Lipinski definition) is 3. The summed E-state index contributed by atoms with van der Waals surface area (Å²) in [6.07, 6.45) is 2.76. The second-order valence-electron chi connectivity index (χ2n) is 7.98. The summed E-state index contributed by atoms with van der Waals surface area (Å²) in [6.45, 7) is 4.95. The maximum atomic E-state index is 12.2. The lowest BCUT2D eigenvalue weighted by atomic mass is 9.99. The number of benzene rings is 2. The fourth-order valence-electron chi connectivity index (χ4n) is 4.65. The van der Waals surface area contributed by atoms with Crippen molar-refractivity contribution < 1.29 is 4.79 Å². The van der Waals surface area contributed by atoms with Crippen molar-refractivity contribution in [2.24, 2.45) is 0 Å². The number of anilines is 2. The Morgan fingerprint density at radius 2 is 1.89 bits per heavy atom. The van der Waals surface area contributed by atoms with E-state index in [0.717, 1.165) is 54.8 Å². The van der Waals surface area contributed by atoms with E-state index < -0.39 is 0 Å². The maximum absolute atomic E-state index is 12.2. The van der Waals surface area contributed by atoms with Crippen LogP contribution in [-0.2, 0) is 4.79 Å². The van der Waals surface area contributed by atoms with E-state index in [9.17, 15) is 4.79 Å². The second-order valence-corrected chi connectivity index (χ2v) is 7.98. The summed E-state index contributed by atoms with van der Waals surface area (Å²) in [5, 5.41) is 1.15. The van der Waals surface area contributed by atoms with E-state index in [1.54, 1.807) is 0 Å². The van der Waals surface area contributed by atoms with Crippen LogP contribution in [0.2, 0.25) is 0 Å². The van der Waals surface area contributed by atoms with E-state index in [0.29, 0.717) is 12.3 Å². The molecular weight excluding hydrogens is 346 g/mol. The highest BCUT2D eigenvalue weighted by Crippen LogP contribution is 2.36. The van der Waals surface area contributed by atoms with Gasteiger partial charge in [-0.2, -0.15) is 0 Å². The van der Waals surface area contributed by atoms with Crippen molar-refractivity contribution in [1.82, 2.24) is 4.98 Å². The van der Waals surface area contributed by atoms with Crippen LogP contribution in [0.5, 0.6) is 0 Å². The van der Waals surface area contributed by atoms with E-state index in [1.807, 2.05) is 11.0 Å². The fraction of sp³-hybridized carbons (Fsp3) is 0.333. The Hall–Kier alpha value is -2.88. The first-order valence-corrected chi connectivity index (χ1v) is 10.2. The van der Waals surface area contributed by atoms with Crippen LogP contribution in [0.1, 0.15) is 36.4 Å². The molecule has 2 saturated heterocycles. The lowest BCUT2D eigenvalue weighted by Crippen LogP contribution is -2.24. The van der Waals surface area contributed by atoms with Crippen molar-refractivity contribution in [2.45, 2.75) is 32.1 Å². The van der Waals surface area contributed by atoms with Gasteiger partial charge in [0.2, 0.25) is 5.91 Å². The van der Waals surface area contributed by atoms with Gasteiger partial charge in [-0.15, -0.1) is 0 Å². The third-order valence-corrected chi connectivity index (χ3v) is 6.08. The first-order valence-electron chi connectivity index (χ1n) is 10.2. The molecule has 2 aliphatic rings. The van der Waals surface area contributed by atoms with Crippen molar-refractivity contribution in [3.63, 3.8) is 0 Å². The number of aromatic nitrogens is 1. The van der Waals surface area contributed by atoms with Gasteiger partial charge < -0.3 is 9.80 Å². The Morgan fingerprint density at radius 3 is 2.68 bits per heavy atom. The van der Waals surface area contributed by atoms with Crippen LogP contribution in [-0.4, -0.2) is 30.5 Å². The van der Waals surface area contributed by atoms with E-state index >= 15 is 0 Å². The number of pyridine rings is 1. The fourth-order valence-corrected chi connectivity index (χ4v) is 4.65. The van der Waals surface area contributed by atoms with E-state index in [4.69, 9.17) is 4.98 Å². The van der Waals surface area contributed by atoms with Gasteiger partial charge in [-0.3, -0.25) is 9.78 Å². The summed E-state index contributed by atoms with van der Waals surface area (Å²) >= 11 is 0. The minimum Gasteiger partial charge on any atom is -0.370 e. The van der Waals surface area contributed by atoms with Crippen LogP contribution in [0.15, 0.2) is 54.6 Å². The van der Waals surface area contributed by atoms with Crippen LogP contribution in [0.3, 0.4) is 0 Å². The molecule has 0 N–H and O–H groups in total. The van der Waals surface area contributed by atoms with Gasteiger partial charge in [0.05, 0.1) is 5.52 Å². The summed E-state index contributed by atoms with van der Waals surface area (Å²) in [5.41, 5.74) is 5.71. The molecule has 3 aromatic rings. The van der Waals surface area contributed by atoms with Crippen LogP contribution in [0.4, 0.5) is 11.4 Å². The minimum absolute atomic E-state index is 0.228. The highest BCUT2D eigenvalue weighted by atomic mass is 16.2. The molecule has 1 aromatic heterocycles. The number of amides is 1. The first-order chi connectivity index (χ1) is 13.7. The standard InChI is InChI=1S/C24H25N3O/c1-17-14-23(26-13-11-19(16-26)18-6-3-2-4-7-18)21-15-20(9-10-22(21)25-17)27-12-5-8-24(27)28/h2-4,6-7,9-10,14-15,19H,5,8,11-13,16H2,1H3. The number of hydrogen-bond donors (Lipinski definition) is 0. The summed E-state index contributed by atoms with van der Waals surface area (Å²) in [4.78, 5) is 21.4. The Labute approximate surface area is 165 Å². The third-order valence-electron chi connectivity index (χ3n) is 6.08. The van der Waals surface area contributed by atoms with Gasteiger partial charge in [-0.1, -0.05) is 30.3 Å². The molecule has 4 nitrogen and oxygen atoms in total. The predicted octanol–water partition coefficient (Wildman–Crippen LogP) is 4.66. The third kappa shape index (κ3) is 3.03. The van der Waals surface area contributed by atoms with Crippen LogP contribution < -0.4 is 9.80 Å². The number of fused-ring (bicyclic) bond motifs is 1. The molecule has 1 atom stereocenters. The number of carbonyl (C=O) groups excluding carboxylic acids is 1. The number of carbonyl (C=O) groups is 1. The largest absolute Gasteiger partial charge is 0.370 e. The van der Waals surface area contributed by atoms with Crippen LogP contribution in [0.25, 0.3) is 10.9 Å². The lowest BCUT2D eigenvalue weighted by molar-refractivity contribution is -0.117. The highest BCUT2D eigenvalue weighted by Gasteiger charge is 2.26. The molecule has 0 bridgehead atoms. The van der Waals surface area contributed by atoms with E-state index in [1.165, 1.54) is 11.3 Å². The van der Waals surface area contributed by atoms with Gasteiger partial charge in [-0.25, -0.2) is 0 Å². The average Bonchev–Trinajstić information content (AvgIpc) is 3.37. The van der Waals surface area contributed by atoms with Crippen molar-refractivity contribution in [3.8, 4) is 0 Å². The van der Waals surface area contributed by atoms with Gasteiger partial charge in [0.25, 0.3) is 0 Å². The molecule has 4 heteroatoms. The van der Waals surface area contributed by atoms with Gasteiger partial charge in [0, 0.05) is 54.4 Å². The first kappa shape index (κ1) is 17.2. The zero-order valence-corrected chi connectivity index (χ0v) is 16.3. The van der Waals surface area contributed by atoms with Crippen molar-refractivity contribution in [1.29, 1.82) is 0 Å². The molecule has 3 heterocycles. The van der Waals surface area contributed by atoms with Crippen LogP contribution in [0, 0.1) is 6.92 Å². The molecule has 0 radical (unpaired) electrons. The van der Waals surface area contributed by atoms with Gasteiger partial charge in [0.1, 0.15) is 0 Å². The van der Waals surface area contributed by atoms with Crippen molar-refractivity contribution in [2.75, 3.05) is 29.4 Å². The molecule has 5 rings (SSSR count). The topological polar surface area (TPSA) is 36.4 Å². The smallest absolute Gasteiger partial charge is 0.227 e. The Kier molecular flexibility index (Phi) is 4.27. The molecule has 2 aliphatic heterocycles. The molecule has 2 aromatic carbocycles. The molecular formula is C24H25N3O. The second kappa shape index (κ2) is 6.93. The summed E-state index contributed by atoms with van der Waals surface area (Å²) in [6, 6.07) is 19.3. The average molecular weight is 371 g/mol.